The van der Waals surface area contributed by atoms with Crippen molar-refractivity contribution in [2.45, 2.75) is 13.5 Å². The predicted molar refractivity (Wildman–Crippen MR) is 71.1 cm³/mol. The van der Waals surface area contributed by atoms with Crippen LogP contribution in [0.4, 0.5) is 5.69 Å². The molecule has 0 aliphatic rings. The number of carbonyl (C=O) groups is 1. The van der Waals surface area contributed by atoms with Gasteiger partial charge < -0.3 is 11.1 Å². The fraction of sp³-hybridized carbons (Fsp3) is 0.154. The van der Waals surface area contributed by atoms with Gasteiger partial charge in [-0.15, -0.1) is 11.3 Å². The molecule has 0 saturated carbocycles. The van der Waals surface area contributed by atoms with E-state index in [1.54, 1.807) is 6.07 Å². The van der Waals surface area contributed by atoms with Crippen LogP contribution in [-0.4, -0.2) is 5.91 Å². The Morgan fingerprint density at radius 2 is 2.12 bits per heavy atom. The predicted octanol–water partition coefficient (Wildman–Crippen LogP) is 2.57. The molecule has 0 fully saturated rings. The van der Waals surface area contributed by atoms with Gasteiger partial charge in [-0.1, -0.05) is 24.3 Å². The lowest BCUT2D eigenvalue weighted by molar-refractivity contribution is 0.0956. The normalized spacial score (nSPS) is 10.2. The molecule has 0 unspecified atom stereocenters. The van der Waals surface area contributed by atoms with Crippen molar-refractivity contribution < 1.29 is 4.79 Å². The molecule has 1 aromatic carbocycles. The number of anilines is 1. The Hall–Kier alpha value is -1.81. The highest BCUT2D eigenvalue weighted by Gasteiger charge is 2.10. The largest absolute Gasteiger partial charge is 0.397 e. The topological polar surface area (TPSA) is 55.1 Å². The minimum absolute atomic E-state index is 0.110. The van der Waals surface area contributed by atoms with Gasteiger partial charge >= 0.3 is 0 Å². The Morgan fingerprint density at radius 3 is 2.76 bits per heavy atom. The Kier molecular flexibility index (Phi) is 3.44. The summed E-state index contributed by atoms with van der Waals surface area (Å²) in [5.41, 5.74) is 8.52. The number of rotatable bonds is 3. The lowest BCUT2D eigenvalue weighted by Crippen LogP contribution is -2.23. The molecule has 3 nitrogen and oxygen atoms in total. The fourth-order valence-electron chi connectivity index (χ4n) is 1.57. The van der Waals surface area contributed by atoms with Crippen molar-refractivity contribution in [2.24, 2.45) is 0 Å². The van der Waals surface area contributed by atoms with Gasteiger partial charge in [-0.3, -0.25) is 4.79 Å². The molecule has 17 heavy (non-hydrogen) atoms. The van der Waals surface area contributed by atoms with E-state index in [-0.39, 0.29) is 5.91 Å². The molecular weight excluding hydrogens is 232 g/mol. The zero-order chi connectivity index (χ0) is 12.3. The van der Waals surface area contributed by atoms with Crippen molar-refractivity contribution >= 4 is 22.9 Å². The van der Waals surface area contributed by atoms with Crippen LogP contribution >= 0.6 is 11.3 Å². The molecule has 1 heterocycles. The second kappa shape index (κ2) is 5.01. The summed E-state index contributed by atoms with van der Waals surface area (Å²) < 4.78 is 0. The standard InChI is InChI=1S/C13H14N2OS/c1-9-4-2-3-5-10(9)8-15-13(16)12-11(14)6-7-17-12/h2-7H,8,14H2,1H3,(H,15,16). The molecule has 0 bridgehead atoms. The van der Waals surface area contributed by atoms with Crippen LogP contribution in [-0.2, 0) is 6.54 Å². The molecule has 1 aromatic heterocycles. The highest BCUT2D eigenvalue weighted by molar-refractivity contribution is 7.12. The van der Waals surface area contributed by atoms with Gasteiger partial charge in [0.25, 0.3) is 5.91 Å². The van der Waals surface area contributed by atoms with Crippen LogP contribution in [0.3, 0.4) is 0 Å². The van der Waals surface area contributed by atoms with Gasteiger partial charge in [0, 0.05) is 6.54 Å². The van der Waals surface area contributed by atoms with Crippen LogP contribution in [0.2, 0.25) is 0 Å². The maximum Gasteiger partial charge on any atom is 0.263 e. The molecular formula is C13H14N2OS. The fourth-order valence-corrected chi connectivity index (χ4v) is 2.30. The van der Waals surface area contributed by atoms with E-state index in [0.717, 1.165) is 5.56 Å². The second-order valence-electron chi connectivity index (χ2n) is 3.81. The van der Waals surface area contributed by atoms with Gasteiger partial charge in [0.1, 0.15) is 4.88 Å². The minimum atomic E-state index is -0.110. The SMILES string of the molecule is Cc1ccccc1CNC(=O)c1sccc1N. The lowest BCUT2D eigenvalue weighted by Gasteiger charge is -2.07. The molecule has 4 heteroatoms. The van der Waals surface area contributed by atoms with E-state index in [2.05, 4.69) is 5.32 Å². The first kappa shape index (κ1) is 11.7. The molecule has 88 valence electrons. The molecule has 2 rings (SSSR count). The number of carbonyl (C=O) groups excluding carboxylic acids is 1. The summed E-state index contributed by atoms with van der Waals surface area (Å²) in [4.78, 5) is 12.4. The minimum Gasteiger partial charge on any atom is -0.397 e. The number of amides is 1. The Morgan fingerprint density at radius 1 is 1.35 bits per heavy atom. The first-order valence-electron chi connectivity index (χ1n) is 5.34. The summed E-state index contributed by atoms with van der Waals surface area (Å²) in [5, 5.41) is 4.69. The molecule has 0 aliphatic carbocycles. The van der Waals surface area contributed by atoms with Gasteiger partial charge in [-0.25, -0.2) is 0 Å². The third-order valence-corrected chi connectivity index (χ3v) is 3.53. The lowest BCUT2D eigenvalue weighted by atomic mass is 10.1. The van der Waals surface area contributed by atoms with Gasteiger partial charge in [-0.2, -0.15) is 0 Å². The zero-order valence-electron chi connectivity index (χ0n) is 9.57. The first-order valence-corrected chi connectivity index (χ1v) is 6.22. The molecule has 0 radical (unpaired) electrons. The van der Waals surface area contributed by atoms with Crippen LogP contribution in [0.25, 0.3) is 0 Å². The summed E-state index contributed by atoms with van der Waals surface area (Å²) in [6, 6.07) is 9.73. The Labute approximate surface area is 104 Å². The maximum absolute atomic E-state index is 11.8. The number of nitrogens with one attached hydrogen (secondary N) is 1. The van der Waals surface area contributed by atoms with E-state index in [4.69, 9.17) is 5.73 Å². The van der Waals surface area contributed by atoms with E-state index in [0.29, 0.717) is 17.1 Å². The zero-order valence-corrected chi connectivity index (χ0v) is 10.4. The monoisotopic (exact) mass is 246 g/mol. The van der Waals surface area contributed by atoms with E-state index >= 15 is 0 Å². The van der Waals surface area contributed by atoms with E-state index < -0.39 is 0 Å². The molecule has 0 atom stereocenters. The van der Waals surface area contributed by atoms with E-state index in [1.165, 1.54) is 16.9 Å². The third-order valence-electron chi connectivity index (χ3n) is 2.60. The summed E-state index contributed by atoms with van der Waals surface area (Å²) in [7, 11) is 0. The number of nitrogens with two attached hydrogens (primary N) is 1. The summed E-state index contributed by atoms with van der Waals surface area (Å²) in [5.74, 6) is -0.110. The van der Waals surface area contributed by atoms with Crippen molar-refractivity contribution in [3.63, 3.8) is 0 Å². The molecule has 0 saturated heterocycles. The number of hydrogen-bond acceptors (Lipinski definition) is 3. The molecule has 3 N–H and O–H groups in total. The van der Waals surface area contributed by atoms with E-state index in [9.17, 15) is 4.79 Å². The highest BCUT2D eigenvalue weighted by atomic mass is 32.1. The average Bonchev–Trinajstić information content (AvgIpc) is 2.74. The second-order valence-corrected chi connectivity index (χ2v) is 4.73. The maximum atomic E-state index is 11.8. The molecule has 2 aromatic rings. The smallest absolute Gasteiger partial charge is 0.263 e. The van der Waals surface area contributed by atoms with Gasteiger partial charge in [-0.05, 0) is 29.5 Å². The number of benzene rings is 1. The summed E-state index contributed by atoms with van der Waals surface area (Å²) >= 11 is 1.36. The Bertz CT molecular complexity index is 534. The molecule has 0 spiro atoms. The van der Waals surface area contributed by atoms with Crippen molar-refractivity contribution in [1.29, 1.82) is 0 Å². The first-order chi connectivity index (χ1) is 8.18. The van der Waals surface area contributed by atoms with Gasteiger partial charge in [0.05, 0.1) is 5.69 Å². The number of thiophene rings is 1. The quantitative estimate of drug-likeness (QED) is 0.874. The van der Waals surface area contributed by atoms with Gasteiger partial charge in [0.2, 0.25) is 0 Å². The van der Waals surface area contributed by atoms with Crippen molar-refractivity contribution in [2.75, 3.05) is 5.73 Å². The number of nitrogen functional groups attached to an aromatic ring is 1. The van der Waals surface area contributed by atoms with Crippen LogP contribution < -0.4 is 11.1 Å². The van der Waals surface area contributed by atoms with Crippen LogP contribution in [0.5, 0.6) is 0 Å². The van der Waals surface area contributed by atoms with Crippen LogP contribution in [0.15, 0.2) is 35.7 Å². The third kappa shape index (κ3) is 2.65. The molecule has 1 amide bonds. The van der Waals surface area contributed by atoms with Crippen molar-refractivity contribution in [1.82, 2.24) is 5.32 Å². The van der Waals surface area contributed by atoms with Crippen molar-refractivity contribution in [3.8, 4) is 0 Å². The van der Waals surface area contributed by atoms with Crippen LogP contribution in [0, 0.1) is 6.92 Å². The van der Waals surface area contributed by atoms with Gasteiger partial charge in [0.15, 0.2) is 0 Å². The average molecular weight is 246 g/mol. The Balaban J connectivity index is 2.02. The highest BCUT2D eigenvalue weighted by Crippen LogP contribution is 2.18. The summed E-state index contributed by atoms with van der Waals surface area (Å²) in [6.45, 7) is 2.56. The molecule has 0 aliphatic heterocycles. The van der Waals surface area contributed by atoms with Crippen molar-refractivity contribution in [3.05, 3.63) is 51.7 Å². The summed E-state index contributed by atoms with van der Waals surface area (Å²) in [6.07, 6.45) is 0. The number of hydrogen-bond donors (Lipinski definition) is 2. The van der Waals surface area contributed by atoms with E-state index in [1.807, 2.05) is 36.6 Å². The van der Waals surface area contributed by atoms with Crippen LogP contribution in [0.1, 0.15) is 20.8 Å². The number of aryl methyl sites for hydroxylation is 1.